The summed E-state index contributed by atoms with van der Waals surface area (Å²) in [6.45, 7) is 1.26. The van der Waals surface area contributed by atoms with Gasteiger partial charge in [0.05, 0.1) is 24.1 Å². The molecule has 1 saturated carbocycles. The van der Waals surface area contributed by atoms with Crippen molar-refractivity contribution in [3.8, 4) is 5.75 Å². The number of halogens is 2. The largest absolute Gasteiger partial charge is 0.495 e. The number of ether oxygens (including phenoxy) is 1. The maximum absolute atomic E-state index is 13.7. The molecular weight excluding hydrogens is 521 g/mol. The molecule has 0 spiro atoms. The molecule has 37 heavy (non-hydrogen) atoms. The van der Waals surface area contributed by atoms with Crippen LogP contribution < -0.4 is 14.4 Å². The summed E-state index contributed by atoms with van der Waals surface area (Å²) < 4.78 is 45.0. The Labute approximate surface area is 222 Å². The van der Waals surface area contributed by atoms with Gasteiger partial charge in [-0.3, -0.25) is 13.9 Å². The van der Waals surface area contributed by atoms with Crippen LogP contribution in [0.5, 0.6) is 5.75 Å². The van der Waals surface area contributed by atoms with Crippen molar-refractivity contribution in [1.29, 1.82) is 0 Å². The molecule has 0 aliphatic heterocycles. The van der Waals surface area contributed by atoms with E-state index >= 15 is 0 Å². The molecule has 0 radical (unpaired) electrons. The quantitative estimate of drug-likeness (QED) is 0.451. The van der Waals surface area contributed by atoms with E-state index in [1.807, 2.05) is 0 Å². The average Bonchev–Trinajstić information content (AvgIpc) is 3.35. The van der Waals surface area contributed by atoms with Crippen LogP contribution >= 0.6 is 11.6 Å². The Hall–Kier alpha value is -2.85. The van der Waals surface area contributed by atoms with Crippen molar-refractivity contribution in [3.63, 3.8) is 0 Å². The smallest absolute Gasteiger partial charge is 0.244 e. The summed E-state index contributed by atoms with van der Waals surface area (Å²) in [6, 6.07) is 9.26. The molecule has 3 rings (SSSR count). The Morgan fingerprint density at radius 3 is 2.35 bits per heavy atom. The molecule has 1 fully saturated rings. The van der Waals surface area contributed by atoms with E-state index in [4.69, 9.17) is 16.3 Å². The second-order valence-electron chi connectivity index (χ2n) is 9.15. The first-order valence-corrected chi connectivity index (χ1v) is 14.4. The van der Waals surface area contributed by atoms with E-state index in [1.54, 1.807) is 6.92 Å². The standard InChI is InChI=1S/C26H33ClFN3O5S/c1-4-23(26(33)29-20-7-5-6-8-20)30(16-18-9-11-19(28)12-10-18)25(32)17-31(37(3,34)35)21-13-14-24(36-2)22(27)15-21/h9-15,20,23H,4-8,16-17H2,1-3H3,(H,29,33)/t23-/m1/s1. The number of nitrogens with one attached hydrogen (secondary N) is 1. The van der Waals surface area contributed by atoms with E-state index in [2.05, 4.69) is 5.32 Å². The molecule has 0 unspecified atom stereocenters. The fourth-order valence-electron chi connectivity index (χ4n) is 4.50. The fraction of sp³-hybridized carbons (Fsp3) is 0.462. The molecule has 1 aliphatic carbocycles. The molecule has 0 bridgehead atoms. The SMILES string of the molecule is CC[C@H](C(=O)NC1CCCC1)N(Cc1ccc(F)cc1)C(=O)CN(c1ccc(OC)c(Cl)c1)S(C)(=O)=O. The first kappa shape index (κ1) is 28.7. The third kappa shape index (κ3) is 7.58. The molecule has 0 heterocycles. The highest BCUT2D eigenvalue weighted by Crippen LogP contribution is 2.30. The summed E-state index contributed by atoms with van der Waals surface area (Å²) >= 11 is 6.21. The van der Waals surface area contributed by atoms with Crippen molar-refractivity contribution in [2.75, 3.05) is 24.2 Å². The lowest BCUT2D eigenvalue weighted by atomic mass is 10.1. The van der Waals surface area contributed by atoms with Crippen LogP contribution in [0, 0.1) is 5.82 Å². The van der Waals surface area contributed by atoms with Crippen molar-refractivity contribution in [2.24, 2.45) is 0 Å². The van der Waals surface area contributed by atoms with Gasteiger partial charge in [-0.1, -0.05) is 43.5 Å². The van der Waals surface area contributed by atoms with Crippen LogP contribution in [0.15, 0.2) is 42.5 Å². The summed E-state index contributed by atoms with van der Waals surface area (Å²) in [7, 11) is -2.46. The second-order valence-corrected chi connectivity index (χ2v) is 11.5. The van der Waals surface area contributed by atoms with Crippen LogP contribution in [0.4, 0.5) is 10.1 Å². The van der Waals surface area contributed by atoms with Crippen molar-refractivity contribution in [3.05, 3.63) is 58.9 Å². The summed E-state index contributed by atoms with van der Waals surface area (Å²) in [5.74, 6) is -0.927. The maximum Gasteiger partial charge on any atom is 0.244 e. The third-order valence-electron chi connectivity index (χ3n) is 6.46. The van der Waals surface area contributed by atoms with Gasteiger partial charge in [-0.05, 0) is 55.2 Å². The Morgan fingerprint density at radius 1 is 1.16 bits per heavy atom. The van der Waals surface area contributed by atoms with Crippen molar-refractivity contribution in [1.82, 2.24) is 10.2 Å². The normalized spacial score (nSPS) is 14.7. The first-order chi connectivity index (χ1) is 17.5. The van der Waals surface area contributed by atoms with Gasteiger partial charge in [-0.15, -0.1) is 0 Å². The molecule has 2 aromatic rings. The zero-order valence-electron chi connectivity index (χ0n) is 21.2. The van der Waals surface area contributed by atoms with Gasteiger partial charge >= 0.3 is 0 Å². The molecular formula is C26H33ClFN3O5S. The average molecular weight is 554 g/mol. The van der Waals surface area contributed by atoms with Gasteiger partial charge < -0.3 is 15.0 Å². The minimum atomic E-state index is -3.90. The third-order valence-corrected chi connectivity index (χ3v) is 7.89. The highest BCUT2D eigenvalue weighted by molar-refractivity contribution is 7.92. The monoisotopic (exact) mass is 553 g/mol. The number of carbonyl (C=O) groups is 2. The van der Waals surface area contributed by atoms with E-state index in [9.17, 15) is 22.4 Å². The van der Waals surface area contributed by atoms with Gasteiger partial charge in [0.25, 0.3) is 0 Å². The zero-order valence-corrected chi connectivity index (χ0v) is 22.8. The Bertz CT molecular complexity index is 1200. The summed E-state index contributed by atoms with van der Waals surface area (Å²) in [6.07, 6.45) is 5.15. The minimum absolute atomic E-state index is 0.0106. The number of nitrogens with zero attached hydrogens (tertiary/aromatic N) is 2. The number of hydrogen-bond acceptors (Lipinski definition) is 5. The van der Waals surface area contributed by atoms with Gasteiger partial charge in [0, 0.05) is 12.6 Å². The van der Waals surface area contributed by atoms with Gasteiger partial charge in [0.2, 0.25) is 21.8 Å². The van der Waals surface area contributed by atoms with Crippen molar-refractivity contribution < 1.29 is 27.1 Å². The first-order valence-electron chi connectivity index (χ1n) is 12.2. The van der Waals surface area contributed by atoms with Crippen LogP contribution in [0.1, 0.15) is 44.6 Å². The number of hydrogen-bond donors (Lipinski definition) is 1. The highest BCUT2D eigenvalue weighted by atomic mass is 35.5. The number of anilines is 1. The van der Waals surface area contributed by atoms with Gasteiger partial charge in [-0.2, -0.15) is 0 Å². The van der Waals surface area contributed by atoms with Gasteiger partial charge in [0.1, 0.15) is 24.2 Å². The molecule has 2 amide bonds. The summed E-state index contributed by atoms with van der Waals surface area (Å²) in [5.41, 5.74) is 0.798. The molecule has 202 valence electrons. The molecule has 0 aromatic heterocycles. The summed E-state index contributed by atoms with van der Waals surface area (Å²) in [5, 5.41) is 3.23. The van der Waals surface area contributed by atoms with E-state index in [0.717, 1.165) is 36.2 Å². The topological polar surface area (TPSA) is 96.0 Å². The predicted molar refractivity (Wildman–Crippen MR) is 142 cm³/mol. The molecule has 8 nitrogen and oxygen atoms in total. The number of carbonyl (C=O) groups excluding carboxylic acids is 2. The molecule has 1 atom stereocenters. The lowest BCUT2D eigenvalue weighted by Gasteiger charge is -2.33. The number of sulfonamides is 1. The Morgan fingerprint density at radius 2 is 1.81 bits per heavy atom. The highest BCUT2D eigenvalue weighted by Gasteiger charge is 2.33. The lowest BCUT2D eigenvalue weighted by Crippen LogP contribution is -2.53. The Balaban J connectivity index is 1.93. The van der Waals surface area contributed by atoms with E-state index in [1.165, 1.54) is 54.5 Å². The maximum atomic E-state index is 13.7. The second kappa shape index (κ2) is 12.6. The molecule has 2 aromatic carbocycles. The van der Waals surface area contributed by atoms with Crippen LogP contribution in [-0.4, -0.2) is 57.1 Å². The molecule has 0 saturated heterocycles. The molecule has 1 aliphatic rings. The Kier molecular flexibility index (Phi) is 9.78. The molecule has 11 heteroatoms. The van der Waals surface area contributed by atoms with E-state index < -0.39 is 34.3 Å². The summed E-state index contributed by atoms with van der Waals surface area (Å²) in [4.78, 5) is 28.3. The number of methoxy groups -OCH3 is 1. The van der Waals surface area contributed by atoms with E-state index in [-0.39, 0.29) is 29.2 Å². The van der Waals surface area contributed by atoms with Crippen LogP contribution in [0.2, 0.25) is 5.02 Å². The van der Waals surface area contributed by atoms with Gasteiger partial charge in [0.15, 0.2) is 0 Å². The number of amides is 2. The van der Waals surface area contributed by atoms with E-state index in [0.29, 0.717) is 17.7 Å². The van der Waals surface area contributed by atoms with Crippen LogP contribution in [0.3, 0.4) is 0 Å². The minimum Gasteiger partial charge on any atom is -0.495 e. The molecule has 1 N–H and O–H groups in total. The number of rotatable bonds is 11. The van der Waals surface area contributed by atoms with Crippen molar-refractivity contribution >= 4 is 39.1 Å². The van der Waals surface area contributed by atoms with Crippen molar-refractivity contribution in [2.45, 2.75) is 57.7 Å². The fourth-order valence-corrected chi connectivity index (χ4v) is 5.59. The number of benzene rings is 2. The predicted octanol–water partition coefficient (Wildman–Crippen LogP) is 4.12. The van der Waals surface area contributed by atoms with Crippen LogP contribution in [-0.2, 0) is 26.2 Å². The van der Waals surface area contributed by atoms with Gasteiger partial charge in [-0.25, -0.2) is 12.8 Å². The van der Waals surface area contributed by atoms with Crippen LogP contribution in [0.25, 0.3) is 0 Å². The lowest BCUT2D eigenvalue weighted by molar-refractivity contribution is -0.140. The zero-order chi connectivity index (χ0) is 27.2.